The molecule has 1 atom stereocenters. The highest BCUT2D eigenvalue weighted by Crippen LogP contribution is 2.23. The Labute approximate surface area is 116 Å². The van der Waals surface area contributed by atoms with Crippen LogP contribution in [0.25, 0.3) is 11.3 Å². The van der Waals surface area contributed by atoms with E-state index in [1.165, 1.54) is 5.56 Å². The van der Waals surface area contributed by atoms with Crippen molar-refractivity contribution in [2.24, 2.45) is 0 Å². The van der Waals surface area contributed by atoms with Gasteiger partial charge in [-0.2, -0.15) is 0 Å². The van der Waals surface area contributed by atoms with Crippen LogP contribution in [0.5, 0.6) is 0 Å². The Bertz CT molecular complexity index is 598. The van der Waals surface area contributed by atoms with Crippen LogP contribution in [0.15, 0.2) is 34.9 Å². The molecule has 1 aliphatic rings. The average Bonchev–Trinajstić information content (AvgIpc) is 3.10. The van der Waals surface area contributed by atoms with E-state index in [-0.39, 0.29) is 12.0 Å². The van der Waals surface area contributed by atoms with Gasteiger partial charge in [-0.25, -0.2) is 0 Å². The van der Waals surface area contributed by atoms with Crippen molar-refractivity contribution in [2.45, 2.75) is 25.9 Å². The number of carbonyl (C=O) groups excluding carboxylic acids is 1. The first-order valence-corrected chi connectivity index (χ1v) is 6.68. The minimum absolute atomic E-state index is 0.172. The second kappa shape index (κ2) is 5.46. The molecule has 2 heterocycles. The van der Waals surface area contributed by atoms with Gasteiger partial charge in [0.25, 0.3) is 5.91 Å². The van der Waals surface area contributed by atoms with Crippen molar-refractivity contribution in [1.82, 2.24) is 5.16 Å². The Kier molecular flexibility index (Phi) is 3.52. The highest BCUT2D eigenvalue weighted by Gasteiger charge is 2.24. The lowest BCUT2D eigenvalue weighted by Gasteiger charge is -2.06. The first-order valence-electron chi connectivity index (χ1n) is 6.68. The van der Waals surface area contributed by atoms with Gasteiger partial charge >= 0.3 is 0 Å². The molecule has 0 aliphatic carbocycles. The molecule has 5 heteroatoms. The fourth-order valence-corrected chi connectivity index (χ4v) is 2.18. The van der Waals surface area contributed by atoms with Crippen molar-refractivity contribution in [3.63, 3.8) is 0 Å². The summed E-state index contributed by atoms with van der Waals surface area (Å²) in [6.07, 6.45) is 1.30. The van der Waals surface area contributed by atoms with Gasteiger partial charge in [-0.05, 0) is 19.8 Å². The van der Waals surface area contributed by atoms with E-state index in [9.17, 15) is 4.79 Å². The van der Waals surface area contributed by atoms with Gasteiger partial charge in [0.05, 0.1) is 0 Å². The van der Waals surface area contributed by atoms with Crippen molar-refractivity contribution in [1.29, 1.82) is 0 Å². The van der Waals surface area contributed by atoms with Gasteiger partial charge in [-0.3, -0.25) is 10.1 Å². The van der Waals surface area contributed by atoms with E-state index in [0.717, 1.165) is 18.4 Å². The molecule has 1 unspecified atom stereocenters. The third-order valence-corrected chi connectivity index (χ3v) is 3.33. The summed E-state index contributed by atoms with van der Waals surface area (Å²) >= 11 is 0. The van der Waals surface area contributed by atoms with Crippen LogP contribution in [0.1, 0.15) is 18.4 Å². The molecule has 0 saturated carbocycles. The first kappa shape index (κ1) is 12.9. The molecule has 2 aromatic rings. The van der Waals surface area contributed by atoms with Crippen LogP contribution in [-0.2, 0) is 9.53 Å². The van der Waals surface area contributed by atoms with Crippen LogP contribution in [0, 0.1) is 6.92 Å². The van der Waals surface area contributed by atoms with Crippen molar-refractivity contribution in [3.8, 4) is 11.3 Å². The van der Waals surface area contributed by atoms with Gasteiger partial charge in [-0.1, -0.05) is 35.0 Å². The first-order chi connectivity index (χ1) is 9.72. The monoisotopic (exact) mass is 272 g/mol. The summed E-state index contributed by atoms with van der Waals surface area (Å²) in [6.45, 7) is 2.67. The molecule has 104 valence electrons. The lowest BCUT2D eigenvalue weighted by molar-refractivity contribution is -0.124. The highest BCUT2D eigenvalue weighted by molar-refractivity contribution is 5.93. The SMILES string of the molecule is Cc1ccc(-c2cc(NC(=O)C3CCCO3)on2)cc1. The van der Waals surface area contributed by atoms with E-state index in [4.69, 9.17) is 9.26 Å². The zero-order chi connectivity index (χ0) is 13.9. The lowest BCUT2D eigenvalue weighted by Crippen LogP contribution is -2.26. The summed E-state index contributed by atoms with van der Waals surface area (Å²) in [5.41, 5.74) is 2.84. The number of hydrogen-bond donors (Lipinski definition) is 1. The molecular formula is C15H16N2O3. The van der Waals surface area contributed by atoms with E-state index in [1.54, 1.807) is 6.07 Å². The number of anilines is 1. The molecule has 0 spiro atoms. The summed E-state index contributed by atoms with van der Waals surface area (Å²) in [5, 5.41) is 6.66. The molecule has 1 N–H and O–H groups in total. The zero-order valence-corrected chi connectivity index (χ0v) is 11.3. The number of ether oxygens (including phenoxy) is 1. The van der Waals surface area contributed by atoms with E-state index >= 15 is 0 Å². The smallest absolute Gasteiger partial charge is 0.255 e. The maximum absolute atomic E-state index is 11.9. The molecule has 1 aromatic heterocycles. The Morgan fingerprint density at radius 2 is 2.15 bits per heavy atom. The van der Waals surface area contributed by atoms with Crippen LogP contribution in [0.4, 0.5) is 5.88 Å². The van der Waals surface area contributed by atoms with Crippen LogP contribution < -0.4 is 5.32 Å². The van der Waals surface area contributed by atoms with Crippen LogP contribution in [0.2, 0.25) is 0 Å². The summed E-state index contributed by atoms with van der Waals surface area (Å²) in [4.78, 5) is 11.9. The molecule has 20 heavy (non-hydrogen) atoms. The van der Waals surface area contributed by atoms with E-state index in [2.05, 4.69) is 10.5 Å². The minimum atomic E-state index is -0.372. The van der Waals surface area contributed by atoms with E-state index in [0.29, 0.717) is 18.2 Å². The fourth-order valence-electron chi connectivity index (χ4n) is 2.18. The number of carbonyl (C=O) groups is 1. The third kappa shape index (κ3) is 2.72. The maximum Gasteiger partial charge on any atom is 0.255 e. The molecule has 0 radical (unpaired) electrons. The molecule has 1 aliphatic heterocycles. The lowest BCUT2D eigenvalue weighted by atomic mass is 10.1. The fraction of sp³-hybridized carbons (Fsp3) is 0.333. The predicted molar refractivity (Wildman–Crippen MR) is 74.3 cm³/mol. The summed E-state index contributed by atoms with van der Waals surface area (Å²) in [6, 6.07) is 9.68. The number of nitrogens with one attached hydrogen (secondary N) is 1. The molecule has 0 bridgehead atoms. The van der Waals surface area contributed by atoms with Crippen molar-refractivity contribution < 1.29 is 14.1 Å². The van der Waals surface area contributed by atoms with Crippen LogP contribution >= 0.6 is 0 Å². The predicted octanol–water partition coefficient (Wildman–Crippen LogP) is 2.77. The van der Waals surface area contributed by atoms with Gasteiger partial charge in [0.15, 0.2) is 0 Å². The zero-order valence-electron chi connectivity index (χ0n) is 11.3. The number of aromatic nitrogens is 1. The van der Waals surface area contributed by atoms with Crippen LogP contribution in [-0.4, -0.2) is 23.8 Å². The molecule has 5 nitrogen and oxygen atoms in total. The largest absolute Gasteiger partial charge is 0.368 e. The minimum Gasteiger partial charge on any atom is -0.368 e. The highest BCUT2D eigenvalue weighted by atomic mass is 16.5. The number of amides is 1. The van der Waals surface area contributed by atoms with E-state index in [1.807, 2.05) is 31.2 Å². The molecule has 1 fully saturated rings. The molecule has 1 aromatic carbocycles. The third-order valence-electron chi connectivity index (χ3n) is 3.33. The maximum atomic E-state index is 11.9. The van der Waals surface area contributed by atoms with Crippen molar-refractivity contribution >= 4 is 11.8 Å². The van der Waals surface area contributed by atoms with Crippen molar-refractivity contribution in [3.05, 3.63) is 35.9 Å². The average molecular weight is 272 g/mol. The topological polar surface area (TPSA) is 64.4 Å². The Morgan fingerprint density at radius 1 is 1.35 bits per heavy atom. The molecular weight excluding hydrogens is 256 g/mol. The quantitative estimate of drug-likeness (QED) is 0.933. The number of benzene rings is 1. The molecule has 1 saturated heterocycles. The number of hydrogen-bond acceptors (Lipinski definition) is 4. The van der Waals surface area contributed by atoms with Gasteiger partial charge in [0, 0.05) is 18.2 Å². The Hall–Kier alpha value is -2.14. The number of aryl methyl sites for hydroxylation is 1. The Balaban J connectivity index is 1.70. The molecule has 3 rings (SSSR count). The van der Waals surface area contributed by atoms with Gasteiger partial charge in [0.1, 0.15) is 11.8 Å². The van der Waals surface area contributed by atoms with Gasteiger partial charge < -0.3 is 9.26 Å². The van der Waals surface area contributed by atoms with Gasteiger partial charge in [-0.15, -0.1) is 0 Å². The molecule has 1 amide bonds. The standard InChI is InChI=1S/C15H16N2O3/c1-10-4-6-11(7-5-10)12-9-14(20-17-12)16-15(18)13-3-2-8-19-13/h4-7,9,13H,2-3,8H2,1H3,(H,16,18). The second-order valence-corrected chi connectivity index (χ2v) is 4.93. The summed E-state index contributed by atoms with van der Waals surface area (Å²) < 4.78 is 10.5. The van der Waals surface area contributed by atoms with Crippen LogP contribution in [0.3, 0.4) is 0 Å². The van der Waals surface area contributed by atoms with E-state index < -0.39 is 0 Å². The number of rotatable bonds is 3. The van der Waals surface area contributed by atoms with Crippen molar-refractivity contribution in [2.75, 3.05) is 11.9 Å². The summed E-state index contributed by atoms with van der Waals surface area (Å²) in [5.74, 6) is 0.176. The second-order valence-electron chi connectivity index (χ2n) is 4.93. The Morgan fingerprint density at radius 3 is 2.85 bits per heavy atom. The normalized spacial score (nSPS) is 18.1. The number of nitrogens with zero attached hydrogens (tertiary/aromatic N) is 1. The van der Waals surface area contributed by atoms with Gasteiger partial charge in [0.2, 0.25) is 5.88 Å². The summed E-state index contributed by atoms with van der Waals surface area (Å²) in [7, 11) is 0.